The Morgan fingerprint density at radius 2 is 1.75 bits per heavy atom. The molecule has 2 aromatic carbocycles. The Morgan fingerprint density at radius 1 is 1.11 bits per heavy atom. The number of hydrogen-bond donors (Lipinski definition) is 2. The Kier molecular flexibility index (Phi) is 4.10. The van der Waals surface area contributed by atoms with E-state index in [0.29, 0.717) is 27.3 Å². The highest BCUT2D eigenvalue weighted by Gasteiger charge is 2.52. The molecule has 1 fully saturated rings. The van der Waals surface area contributed by atoms with Gasteiger partial charge in [0.25, 0.3) is 0 Å². The van der Waals surface area contributed by atoms with E-state index < -0.39 is 40.3 Å². The summed E-state index contributed by atoms with van der Waals surface area (Å²) in [6.45, 7) is -0.134. The minimum Gasteiger partial charge on any atom is -0.479 e. The zero-order valence-corrected chi connectivity index (χ0v) is 14.8. The van der Waals surface area contributed by atoms with Crippen LogP contribution in [0.3, 0.4) is 0 Å². The highest BCUT2D eigenvalue weighted by molar-refractivity contribution is 7.80. The van der Waals surface area contributed by atoms with Crippen molar-refractivity contribution >= 4 is 22.4 Å². The molecule has 9 nitrogen and oxygen atoms in total. The zero-order valence-electron chi connectivity index (χ0n) is 14.0. The van der Waals surface area contributed by atoms with Gasteiger partial charge in [-0.25, -0.2) is 14.0 Å². The van der Waals surface area contributed by atoms with Crippen molar-refractivity contribution in [1.82, 2.24) is 9.96 Å². The van der Waals surface area contributed by atoms with Crippen molar-refractivity contribution in [1.29, 1.82) is 0 Å². The number of carbonyl (C=O) groups is 2. The molecule has 0 aliphatic carbocycles. The molecular weight excluding hydrogens is 395 g/mol. The van der Waals surface area contributed by atoms with Crippen LogP contribution in [0.15, 0.2) is 42.5 Å². The van der Waals surface area contributed by atoms with Crippen LogP contribution in [0.1, 0.15) is 23.2 Å². The third-order valence-corrected chi connectivity index (χ3v) is 5.07. The summed E-state index contributed by atoms with van der Waals surface area (Å²) >= 11 is 0. The third kappa shape index (κ3) is 2.99. The van der Waals surface area contributed by atoms with Crippen LogP contribution in [0, 0.1) is 5.82 Å². The van der Waals surface area contributed by atoms with Gasteiger partial charge >= 0.3 is 22.4 Å². The first-order valence-electron chi connectivity index (χ1n) is 8.05. The molecule has 2 bridgehead atoms. The second kappa shape index (κ2) is 6.26. The number of hydrogen-bond acceptors (Lipinski definition) is 5. The molecule has 1 saturated heterocycles. The van der Waals surface area contributed by atoms with Crippen LogP contribution in [0.4, 0.5) is 9.18 Å². The molecule has 2 heterocycles. The number of carbonyl (C=O) groups excluding carboxylic acids is 1. The molecule has 11 heteroatoms. The Labute approximate surface area is 158 Å². The van der Waals surface area contributed by atoms with Gasteiger partial charge in [-0.2, -0.15) is 13.5 Å². The van der Waals surface area contributed by atoms with E-state index in [1.807, 2.05) is 0 Å². The van der Waals surface area contributed by atoms with Crippen LogP contribution in [-0.2, 0) is 19.5 Å². The lowest BCUT2D eigenvalue weighted by molar-refractivity contribution is -0.142. The highest BCUT2D eigenvalue weighted by Crippen LogP contribution is 2.45. The van der Waals surface area contributed by atoms with Crippen molar-refractivity contribution in [3.05, 3.63) is 59.4 Å². The lowest BCUT2D eigenvalue weighted by Crippen LogP contribution is -2.38. The van der Waals surface area contributed by atoms with Gasteiger partial charge in [0.05, 0.1) is 6.54 Å². The molecule has 2 aliphatic heterocycles. The van der Waals surface area contributed by atoms with Gasteiger partial charge in [-0.15, -0.1) is 4.28 Å². The van der Waals surface area contributed by atoms with Gasteiger partial charge in [0.1, 0.15) is 11.9 Å². The summed E-state index contributed by atoms with van der Waals surface area (Å²) in [5.74, 6) is -1.71. The molecule has 2 atom stereocenters. The summed E-state index contributed by atoms with van der Waals surface area (Å²) in [5.41, 5.74) is 1.91. The van der Waals surface area contributed by atoms with E-state index in [0.717, 1.165) is 4.90 Å². The van der Waals surface area contributed by atoms with Crippen molar-refractivity contribution in [3.8, 4) is 11.1 Å². The smallest absolute Gasteiger partial charge is 0.418 e. The quantitative estimate of drug-likeness (QED) is 0.743. The summed E-state index contributed by atoms with van der Waals surface area (Å²) in [5, 5.41) is 10.0. The molecule has 4 rings (SSSR count). The van der Waals surface area contributed by atoms with E-state index in [-0.39, 0.29) is 6.54 Å². The number of rotatable bonds is 4. The van der Waals surface area contributed by atoms with Crippen molar-refractivity contribution in [2.45, 2.75) is 12.1 Å². The SMILES string of the molecule is O=C(O)C1c2ccc(-c3ccc(F)cc3)cc2[C@H]2CN1C(=O)N2OS(=O)(=O)O. The number of carboxylic acids is 1. The van der Waals surface area contributed by atoms with E-state index in [2.05, 4.69) is 4.28 Å². The topological polar surface area (TPSA) is 124 Å². The molecule has 0 radical (unpaired) electrons. The number of aliphatic carboxylic acids is 1. The van der Waals surface area contributed by atoms with Crippen molar-refractivity contribution in [3.63, 3.8) is 0 Å². The summed E-state index contributed by atoms with van der Waals surface area (Å²) in [6.07, 6.45) is 0. The van der Waals surface area contributed by atoms with E-state index >= 15 is 0 Å². The van der Waals surface area contributed by atoms with Crippen molar-refractivity contribution in [2.75, 3.05) is 6.54 Å². The molecule has 0 aromatic heterocycles. The van der Waals surface area contributed by atoms with E-state index in [9.17, 15) is 27.5 Å². The number of amides is 2. The molecule has 0 saturated carbocycles. The summed E-state index contributed by atoms with van der Waals surface area (Å²) < 4.78 is 48.8. The number of hydroxylamine groups is 2. The van der Waals surface area contributed by atoms with E-state index in [4.69, 9.17) is 4.55 Å². The summed E-state index contributed by atoms with van der Waals surface area (Å²) in [4.78, 5) is 25.2. The van der Waals surface area contributed by atoms with Gasteiger partial charge in [-0.1, -0.05) is 24.3 Å². The van der Waals surface area contributed by atoms with Gasteiger partial charge in [-0.05, 0) is 40.5 Å². The fourth-order valence-corrected chi connectivity index (χ4v) is 3.96. The van der Waals surface area contributed by atoms with Crippen LogP contribution < -0.4 is 0 Å². The molecule has 2 N–H and O–H groups in total. The Hall–Kier alpha value is -3.02. The largest absolute Gasteiger partial charge is 0.479 e. The van der Waals surface area contributed by atoms with Crippen molar-refractivity contribution < 1.29 is 36.3 Å². The lowest BCUT2D eigenvalue weighted by atomic mass is 9.88. The maximum atomic E-state index is 13.2. The predicted molar refractivity (Wildman–Crippen MR) is 91.5 cm³/mol. The standard InChI is InChI=1S/C17H13FN2O7S/c18-11-4-1-9(2-5-11)10-3-6-12-13(7-10)14-8-19(15(12)16(21)22)17(23)20(14)27-28(24,25)26/h1-7,14-15H,8H2,(H,21,22)(H,24,25,26)/t14-,15?/m1/s1. The first-order chi connectivity index (χ1) is 13.2. The Balaban J connectivity index is 1.85. The number of nitrogens with zero attached hydrogens (tertiary/aromatic N) is 2. The van der Waals surface area contributed by atoms with Gasteiger partial charge < -0.3 is 10.0 Å². The monoisotopic (exact) mass is 408 g/mol. The highest BCUT2D eigenvalue weighted by atomic mass is 32.3. The van der Waals surface area contributed by atoms with Crippen LogP contribution in [0.5, 0.6) is 0 Å². The average Bonchev–Trinajstić information content (AvgIpc) is 2.88. The average molecular weight is 408 g/mol. The first kappa shape index (κ1) is 18.3. The second-order valence-corrected chi connectivity index (χ2v) is 7.37. The molecule has 146 valence electrons. The van der Waals surface area contributed by atoms with Gasteiger partial charge in [0.2, 0.25) is 0 Å². The molecule has 2 aliphatic rings. The van der Waals surface area contributed by atoms with E-state index in [1.165, 1.54) is 30.3 Å². The number of benzene rings is 2. The molecular formula is C17H13FN2O7S. The van der Waals surface area contributed by atoms with Gasteiger partial charge in [-0.3, -0.25) is 4.55 Å². The minimum absolute atomic E-state index is 0.134. The number of urea groups is 1. The maximum Gasteiger partial charge on any atom is 0.418 e. The van der Waals surface area contributed by atoms with Gasteiger partial charge in [0.15, 0.2) is 6.04 Å². The number of carboxylic acid groups (broad SMARTS) is 1. The first-order valence-corrected chi connectivity index (χ1v) is 9.41. The van der Waals surface area contributed by atoms with Gasteiger partial charge in [0, 0.05) is 0 Å². The molecule has 1 unspecified atom stereocenters. The minimum atomic E-state index is -5.00. The summed E-state index contributed by atoms with van der Waals surface area (Å²) in [7, 11) is -5.00. The van der Waals surface area contributed by atoms with E-state index in [1.54, 1.807) is 12.1 Å². The normalized spacial score (nSPS) is 21.0. The zero-order chi connectivity index (χ0) is 20.2. The molecule has 28 heavy (non-hydrogen) atoms. The van der Waals surface area contributed by atoms with Crippen molar-refractivity contribution in [2.24, 2.45) is 0 Å². The second-order valence-electron chi connectivity index (χ2n) is 6.37. The fraction of sp³-hybridized carbons (Fsp3) is 0.176. The van der Waals surface area contributed by atoms with Crippen LogP contribution in [0.2, 0.25) is 0 Å². The lowest BCUT2D eigenvalue weighted by Gasteiger charge is -2.30. The van der Waals surface area contributed by atoms with Crippen LogP contribution in [0.25, 0.3) is 11.1 Å². The third-order valence-electron chi connectivity index (χ3n) is 4.72. The number of halogens is 1. The fourth-order valence-electron chi connectivity index (χ4n) is 3.59. The van der Waals surface area contributed by atoms with Crippen LogP contribution in [-0.4, -0.2) is 46.6 Å². The Morgan fingerprint density at radius 3 is 2.36 bits per heavy atom. The molecule has 0 spiro atoms. The predicted octanol–water partition coefficient (Wildman–Crippen LogP) is 2.15. The van der Waals surface area contributed by atoms with Crippen LogP contribution >= 0.6 is 0 Å². The molecule has 2 aromatic rings. The Bertz CT molecular complexity index is 1090. The number of fused-ring (bicyclic) bond motifs is 4. The molecule has 2 amide bonds. The maximum absolute atomic E-state index is 13.2. The summed E-state index contributed by atoms with van der Waals surface area (Å²) in [6, 6.07) is 7.08.